The molecule has 5 heteroatoms. The molecule has 0 aliphatic heterocycles. The molecule has 1 atom stereocenters. The SMILES string of the molecule is C=C[C@H]1CC(C(=O)OCC)(C(=O)OCC)Cc2[nH]c(-c3ccccc3)cc21. The normalized spacial score (nSPS) is 17.6. The highest BCUT2D eigenvalue weighted by molar-refractivity contribution is 6.01. The van der Waals surface area contributed by atoms with Gasteiger partial charge in [-0.05, 0) is 37.5 Å². The van der Waals surface area contributed by atoms with Gasteiger partial charge in [-0.25, -0.2) is 0 Å². The molecule has 0 spiro atoms. The van der Waals surface area contributed by atoms with E-state index in [1.807, 2.05) is 30.3 Å². The number of ether oxygens (including phenoxy) is 2. The number of hydrogen-bond donors (Lipinski definition) is 1. The molecule has 0 radical (unpaired) electrons. The van der Waals surface area contributed by atoms with Gasteiger partial charge in [0.1, 0.15) is 0 Å². The third-order valence-electron chi connectivity index (χ3n) is 5.08. The fourth-order valence-electron chi connectivity index (χ4n) is 3.77. The highest BCUT2D eigenvalue weighted by Crippen LogP contribution is 2.46. The first kappa shape index (κ1) is 19.0. The van der Waals surface area contributed by atoms with Crippen LogP contribution in [0.4, 0.5) is 0 Å². The first-order valence-electron chi connectivity index (χ1n) is 9.30. The van der Waals surface area contributed by atoms with Crippen LogP contribution in [0.25, 0.3) is 11.3 Å². The number of fused-ring (bicyclic) bond motifs is 1. The Balaban J connectivity index is 2.06. The van der Waals surface area contributed by atoms with Crippen LogP contribution in [0.1, 0.15) is 37.4 Å². The average molecular weight is 367 g/mol. The summed E-state index contributed by atoms with van der Waals surface area (Å²) in [4.78, 5) is 29.0. The number of H-pyrrole nitrogens is 1. The van der Waals surface area contributed by atoms with Crippen molar-refractivity contribution < 1.29 is 19.1 Å². The van der Waals surface area contributed by atoms with Gasteiger partial charge in [-0.1, -0.05) is 36.4 Å². The predicted octanol–water partition coefficient (Wildman–Crippen LogP) is 4.01. The second kappa shape index (κ2) is 7.82. The first-order valence-corrected chi connectivity index (χ1v) is 9.30. The number of rotatable bonds is 6. The van der Waals surface area contributed by atoms with Crippen molar-refractivity contribution in [3.63, 3.8) is 0 Å². The van der Waals surface area contributed by atoms with Crippen LogP contribution in [0.3, 0.4) is 0 Å². The Bertz CT molecular complexity index is 819. The van der Waals surface area contributed by atoms with Crippen LogP contribution in [0.5, 0.6) is 0 Å². The number of hydrogen-bond acceptors (Lipinski definition) is 4. The maximum absolute atomic E-state index is 12.8. The molecule has 1 N–H and O–H groups in total. The van der Waals surface area contributed by atoms with Crippen LogP contribution in [-0.4, -0.2) is 30.1 Å². The fraction of sp³-hybridized carbons (Fsp3) is 0.364. The molecule has 1 aromatic heterocycles. The number of carbonyl (C=O) groups is 2. The van der Waals surface area contributed by atoms with Gasteiger partial charge in [0.15, 0.2) is 5.41 Å². The molecule has 0 bridgehead atoms. The van der Waals surface area contributed by atoms with Gasteiger partial charge in [-0.3, -0.25) is 9.59 Å². The molecule has 0 saturated carbocycles. The maximum atomic E-state index is 12.8. The summed E-state index contributed by atoms with van der Waals surface area (Å²) in [6.07, 6.45) is 2.32. The van der Waals surface area contributed by atoms with Crippen molar-refractivity contribution in [2.24, 2.45) is 5.41 Å². The molecular weight excluding hydrogens is 342 g/mol. The highest BCUT2D eigenvalue weighted by Gasteiger charge is 2.53. The summed E-state index contributed by atoms with van der Waals surface area (Å²) >= 11 is 0. The van der Waals surface area contributed by atoms with Gasteiger partial charge in [0.05, 0.1) is 13.2 Å². The zero-order valence-corrected chi connectivity index (χ0v) is 15.8. The summed E-state index contributed by atoms with van der Waals surface area (Å²) in [5.74, 6) is -1.20. The van der Waals surface area contributed by atoms with Gasteiger partial charge in [0, 0.05) is 23.7 Å². The lowest BCUT2D eigenvalue weighted by Crippen LogP contribution is -2.47. The summed E-state index contributed by atoms with van der Waals surface area (Å²) in [7, 11) is 0. The lowest BCUT2D eigenvalue weighted by Gasteiger charge is -2.35. The molecule has 1 heterocycles. The van der Waals surface area contributed by atoms with Crippen LogP contribution in [0.15, 0.2) is 49.1 Å². The molecule has 0 unspecified atom stereocenters. The van der Waals surface area contributed by atoms with E-state index >= 15 is 0 Å². The number of aromatic nitrogens is 1. The standard InChI is InChI=1S/C22H25NO4/c1-4-15-13-22(20(24)26-5-2,21(25)27-6-3)14-19-17(15)12-18(23-19)16-10-8-7-9-11-16/h4,7-12,15,23H,1,5-6,13-14H2,2-3H3/t15-/m0/s1. The topological polar surface area (TPSA) is 68.4 Å². The van der Waals surface area contributed by atoms with Gasteiger partial charge in [0.2, 0.25) is 0 Å². The Morgan fingerprint density at radius 3 is 2.37 bits per heavy atom. The number of allylic oxidation sites excluding steroid dienone is 1. The van der Waals surface area contributed by atoms with E-state index < -0.39 is 17.4 Å². The largest absolute Gasteiger partial charge is 0.465 e. The molecule has 0 amide bonds. The molecule has 1 aliphatic carbocycles. The van der Waals surface area contributed by atoms with Crippen molar-refractivity contribution in [1.29, 1.82) is 0 Å². The van der Waals surface area contributed by atoms with E-state index in [9.17, 15) is 9.59 Å². The van der Waals surface area contributed by atoms with Crippen molar-refractivity contribution in [3.05, 3.63) is 60.3 Å². The minimum absolute atomic E-state index is 0.142. The Labute approximate surface area is 159 Å². The lowest BCUT2D eigenvalue weighted by molar-refractivity contribution is -0.173. The van der Waals surface area contributed by atoms with Crippen LogP contribution in [-0.2, 0) is 25.5 Å². The number of aromatic amines is 1. The maximum Gasteiger partial charge on any atom is 0.323 e. The van der Waals surface area contributed by atoms with Crippen LogP contribution < -0.4 is 0 Å². The van der Waals surface area contributed by atoms with E-state index in [4.69, 9.17) is 9.47 Å². The smallest absolute Gasteiger partial charge is 0.323 e. The summed E-state index contributed by atoms with van der Waals surface area (Å²) in [5.41, 5.74) is 2.57. The van der Waals surface area contributed by atoms with E-state index in [1.54, 1.807) is 19.9 Å². The highest BCUT2D eigenvalue weighted by atomic mass is 16.6. The van der Waals surface area contributed by atoms with Crippen LogP contribution in [0.2, 0.25) is 0 Å². The fourth-order valence-corrected chi connectivity index (χ4v) is 3.77. The molecule has 3 rings (SSSR count). The molecule has 142 valence electrons. The molecule has 2 aromatic rings. The molecule has 27 heavy (non-hydrogen) atoms. The monoisotopic (exact) mass is 367 g/mol. The number of esters is 2. The first-order chi connectivity index (χ1) is 13.1. The molecule has 1 aliphatic rings. The molecule has 0 fully saturated rings. The Morgan fingerprint density at radius 1 is 1.19 bits per heavy atom. The van der Waals surface area contributed by atoms with E-state index in [0.29, 0.717) is 6.42 Å². The van der Waals surface area contributed by atoms with Gasteiger partial charge in [-0.15, -0.1) is 6.58 Å². The minimum atomic E-state index is -1.35. The van der Waals surface area contributed by atoms with Crippen molar-refractivity contribution in [2.75, 3.05) is 13.2 Å². The zero-order valence-electron chi connectivity index (χ0n) is 15.8. The van der Waals surface area contributed by atoms with Crippen molar-refractivity contribution in [2.45, 2.75) is 32.6 Å². The quantitative estimate of drug-likeness (QED) is 0.476. The Kier molecular flexibility index (Phi) is 5.49. The number of carbonyl (C=O) groups excluding carboxylic acids is 2. The molecule has 1 aromatic carbocycles. The average Bonchev–Trinajstić information content (AvgIpc) is 3.12. The lowest BCUT2D eigenvalue weighted by atomic mass is 9.69. The number of benzene rings is 1. The van der Waals surface area contributed by atoms with E-state index in [1.165, 1.54) is 0 Å². The second-order valence-electron chi connectivity index (χ2n) is 6.73. The summed E-state index contributed by atoms with van der Waals surface area (Å²) in [6, 6.07) is 12.0. The van der Waals surface area contributed by atoms with Crippen LogP contribution in [0, 0.1) is 5.41 Å². The summed E-state index contributed by atoms with van der Waals surface area (Å²) in [6.45, 7) is 7.82. The van der Waals surface area contributed by atoms with Gasteiger partial charge in [0.25, 0.3) is 0 Å². The van der Waals surface area contributed by atoms with Crippen molar-refractivity contribution >= 4 is 11.9 Å². The minimum Gasteiger partial charge on any atom is -0.465 e. The molecule has 5 nitrogen and oxygen atoms in total. The second-order valence-corrected chi connectivity index (χ2v) is 6.73. The zero-order chi connectivity index (χ0) is 19.4. The predicted molar refractivity (Wildman–Crippen MR) is 103 cm³/mol. The van der Waals surface area contributed by atoms with Crippen molar-refractivity contribution in [1.82, 2.24) is 4.98 Å². The van der Waals surface area contributed by atoms with Gasteiger partial charge < -0.3 is 14.5 Å². The summed E-state index contributed by atoms with van der Waals surface area (Å²) < 4.78 is 10.5. The third kappa shape index (κ3) is 3.42. The van der Waals surface area contributed by atoms with Gasteiger partial charge >= 0.3 is 11.9 Å². The van der Waals surface area contributed by atoms with Gasteiger partial charge in [-0.2, -0.15) is 0 Å². The van der Waals surface area contributed by atoms with E-state index in [-0.39, 0.29) is 25.6 Å². The third-order valence-corrected chi connectivity index (χ3v) is 5.08. The van der Waals surface area contributed by atoms with E-state index in [0.717, 1.165) is 22.5 Å². The van der Waals surface area contributed by atoms with Crippen molar-refractivity contribution in [3.8, 4) is 11.3 Å². The van der Waals surface area contributed by atoms with Crippen LogP contribution >= 0.6 is 0 Å². The Morgan fingerprint density at radius 2 is 1.81 bits per heavy atom. The number of nitrogens with one attached hydrogen (secondary N) is 1. The Hall–Kier alpha value is -2.82. The molecule has 0 saturated heterocycles. The van der Waals surface area contributed by atoms with E-state index in [2.05, 4.69) is 17.6 Å². The molecular formula is C22H25NO4. The summed E-state index contributed by atoms with van der Waals surface area (Å²) in [5, 5.41) is 0.